The second-order valence-electron chi connectivity index (χ2n) is 4.34. The van der Waals surface area contributed by atoms with Crippen molar-refractivity contribution in [1.82, 2.24) is 0 Å². The molecule has 92 valence electrons. The Morgan fingerprint density at radius 1 is 1.29 bits per heavy atom. The highest BCUT2D eigenvalue weighted by atomic mass is 16.5. The number of hydrogen-bond donors (Lipinski definition) is 2. The zero-order chi connectivity index (χ0) is 12.3. The predicted octanol–water partition coefficient (Wildman–Crippen LogP) is 0.233. The molecule has 1 heterocycles. The Morgan fingerprint density at radius 3 is 2.65 bits per heavy atom. The highest BCUT2D eigenvalue weighted by molar-refractivity contribution is 6.59. The lowest BCUT2D eigenvalue weighted by Gasteiger charge is -2.24. The lowest BCUT2D eigenvalue weighted by molar-refractivity contribution is 0.0259. The average Bonchev–Trinajstić information content (AvgIpc) is 2.32. The van der Waals surface area contributed by atoms with Gasteiger partial charge < -0.3 is 19.5 Å². The first-order valence-electron chi connectivity index (χ1n) is 5.88. The molecular formula is C12H17BO4. The van der Waals surface area contributed by atoms with Gasteiger partial charge in [-0.2, -0.15) is 0 Å². The van der Waals surface area contributed by atoms with E-state index in [0.29, 0.717) is 24.4 Å². The van der Waals surface area contributed by atoms with E-state index in [9.17, 15) is 10.0 Å². The van der Waals surface area contributed by atoms with Gasteiger partial charge in [0.15, 0.2) is 0 Å². The first kappa shape index (κ1) is 12.4. The zero-order valence-corrected chi connectivity index (χ0v) is 9.93. The van der Waals surface area contributed by atoms with E-state index in [4.69, 9.17) is 9.47 Å². The Labute approximate surface area is 101 Å². The maximum Gasteiger partial charge on any atom is 0.492 e. The molecule has 5 heteroatoms. The number of hydrogen-bond acceptors (Lipinski definition) is 4. The maximum absolute atomic E-state index is 9.31. The second-order valence-corrected chi connectivity index (χ2v) is 4.34. The molecule has 17 heavy (non-hydrogen) atoms. The van der Waals surface area contributed by atoms with Crippen molar-refractivity contribution in [3.05, 3.63) is 23.8 Å². The molecule has 1 aromatic carbocycles. The predicted molar refractivity (Wildman–Crippen MR) is 65.5 cm³/mol. The minimum absolute atomic E-state index is 0.101. The zero-order valence-electron chi connectivity index (χ0n) is 9.93. The van der Waals surface area contributed by atoms with E-state index in [0.717, 1.165) is 18.4 Å². The molecule has 2 rings (SSSR count). The molecule has 4 nitrogen and oxygen atoms in total. The summed E-state index contributed by atoms with van der Waals surface area (Å²) in [5, 5.41) is 18.6. The van der Waals surface area contributed by atoms with Gasteiger partial charge in [0, 0.05) is 18.3 Å². The Hall–Kier alpha value is -1.04. The van der Waals surface area contributed by atoms with Gasteiger partial charge in [-0.05, 0) is 13.0 Å². The third-order valence-electron chi connectivity index (χ3n) is 2.91. The van der Waals surface area contributed by atoms with Crippen LogP contribution in [0, 0.1) is 6.92 Å². The van der Waals surface area contributed by atoms with Crippen LogP contribution in [-0.2, 0) is 4.74 Å². The molecule has 1 saturated heterocycles. The summed E-state index contributed by atoms with van der Waals surface area (Å²) in [6.07, 6.45) is 1.79. The van der Waals surface area contributed by atoms with Crippen LogP contribution in [0.3, 0.4) is 0 Å². The Balaban J connectivity index is 2.13. The van der Waals surface area contributed by atoms with E-state index in [1.807, 2.05) is 13.0 Å². The summed E-state index contributed by atoms with van der Waals surface area (Å²) in [7, 11) is -1.50. The number of rotatable bonds is 3. The minimum atomic E-state index is -1.50. The molecule has 1 aliphatic heterocycles. The summed E-state index contributed by atoms with van der Waals surface area (Å²) in [5.41, 5.74) is 1.41. The fraction of sp³-hybridized carbons (Fsp3) is 0.500. The number of aryl methyl sites for hydroxylation is 1. The van der Waals surface area contributed by atoms with Gasteiger partial charge in [-0.25, -0.2) is 0 Å². The molecule has 0 aliphatic carbocycles. The summed E-state index contributed by atoms with van der Waals surface area (Å²) in [5.74, 6) is 0.553. The monoisotopic (exact) mass is 236 g/mol. The normalized spacial score (nSPS) is 16.9. The van der Waals surface area contributed by atoms with E-state index in [2.05, 4.69) is 0 Å². The van der Waals surface area contributed by atoms with E-state index >= 15 is 0 Å². The van der Waals surface area contributed by atoms with Crippen LogP contribution in [0.25, 0.3) is 0 Å². The van der Waals surface area contributed by atoms with E-state index in [1.165, 1.54) is 0 Å². The van der Waals surface area contributed by atoms with Crippen LogP contribution in [0.4, 0.5) is 0 Å². The molecule has 0 saturated carbocycles. The maximum atomic E-state index is 9.31. The van der Waals surface area contributed by atoms with Crippen molar-refractivity contribution in [3.63, 3.8) is 0 Å². The third-order valence-corrected chi connectivity index (χ3v) is 2.91. The molecule has 0 atom stereocenters. The first-order chi connectivity index (χ1) is 8.16. The molecule has 0 spiro atoms. The van der Waals surface area contributed by atoms with Gasteiger partial charge in [-0.15, -0.1) is 0 Å². The van der Waals surface area contributed by atoms with Crippen LogP contribution in [0.15, 0.2) is 18.2 Å². The van der Waals surface area contributed by atoms with Gasteiger partial charge in [0.2, 0.25) is 0 Å². The highest BCUT2D eigenvalue weighted by Crippen LogP contribution is 2.17. The Morgan fingerprint density at radius 2 is 2.00 bits per heavy atom. The van der Waals surface area contributed by atoms with Gasteiger partial charge in [0.05, 0.1) is 13.2 Å². The number of benzene rings is 1. The summed E-state index contributed by atoms with van der Waals surface area (Å²) in [4.78, 5) is 0. The van der Waals surface area contributed by atoms with Gasteiger partial charge in [-0.1, -0.05) is 17.7 Å². The summed E-state index contributed by atoms with van der Waals surface area (Å²) < 4.78 is 11.1. The Kier molecular flexibility index (Phi) is 4.04. The number of ether oxygens (including phenoxy) is 2. The molecule has 1 fully saturated rings. The van der Waals surface area contributed by atoms with E-state index in [-0.39, 0.29) is 6.10 Å². The van der Waals surface area contributed by atoms with Crippen molar-refractivity contribution in [3.8, 4) is 5.75 Å². The van der Waals surface area contributed by atoms with Crippen molar-refractivity contribution in [2.24, 2.45) is 0 Å². The van der Waals surface area contributed by atoms with Crippen LogP contribution < -0.4 is 10.2 Å². The molecule has 1 aromatic rings. The van der Waals surface area contributed by atoms with Crippen LogP contribution in [0.1, 0.15) is 18.4 Å². The Bertz CT molecular complexity index is 375. The van der Waals surface area contributed by atoms with Gasteiger partial charge in [0.1, 0.15) is 11.9 Å². The van der Waals surface area contributed by atoms with Crippen LogP contribution in [-0.4, -0.2) is 36.5 Å². The lowest BCUT2D eigenvalue weighted by Crippen LogP contribution is -2.34. The molecule has 2 N–H and O–H groups in total. The van der Waals surface area contributed by atoms with Crippen molar-refractivity contribution in [2.75, 3.05) is 13.2 Å². The molecule has 0 radical (unpaired) electrons. The van der Waals surface area contributed by atoms with Crippen molar-refractivity contribution in [2.45, 2.75) is 25.9 Å². The fourth-order valence-corrected chi connectivity index (χ4v) is 1.95. The van der Waals surface area contributed by atoms with Gasteiger partial charge >= 0.3 is 7.12 Å². The minimum Gasteiger partial charge on any atom is -0.491 e. The van der Waals surface area contributed by atoms with Gasteiger partial charge in [-0.3, -0.25) is 0 Å². The van der Waals surface area contributed by atoms with Crippen LogP contribution in [0.2, 0.25) is 0 Å². The molecular weight excluding hydrogens is 219 g/mol. The SMILES string of the molecule is Cc1ccc(OC2CCOCC2)c(B(O)O)c1. The summed E-state index contributed by atoms with van der Waals surface area (Å²) >= 11 is 0. The summed E-state index contributed by atoms with van der Waals surface area (Å²) in [6, 6.07) is 5.43. The van der Waals surface area contributed by atoms with Crippen molar-refractivity contribution < 1.29 is 19.5 Å². The quantitative estimate of drug-likeness (QED) is 0.737. The molecule has 0 unspecified atom stereocenters. The topological polar surface area (TPSA) is 58.9 Å². The molecule has 1 aliphatic rings. The summed E-state index contributed by atoms with van der Waals surface area (Å²) in [6.45, 7) is 3.31. The lowest BCUT2D eigenvalue weighted by atomic mass is 9.79. The molecule has 0 aromatic heterocycles. The molecule has 0 bridgehead atoms. The fourth-order valence-electron chi connectivity index (χ4n) is 1.95. The standard InChI is InChI=1S/C12H17BO4/c1-9-2-3-12(11(8-9)13(14)15)17-10-4-6-16-7-5-10/h2-3,8,10,14-15H,4-7H2,1H3. The van der Waals surface area contributed by atoms with Crippen LogP contribution >= 0.6 is 0 Å². The molecule has 0 amide bonds. The second kappa shape index (κ2) is 5.53. The van der Waals surface area contributed by atoms with E-state index < -0.39 is 7.12 Å². The largest absolute Gasteiger partial charge is 0.492 e. The average molecular weight is 236 g/mol. The van der Waals surface area contributed by atoms with Crippen molar-refractivity contribution >= 4 is 12.6 Å². The van der Waals surface area contributed by atoms with Gasteiger partial charge in [0.25, 0.3) is 0 Å². The highest BCUT2D eigenvalue weighted by Gasteiger charge is 2.21. The first-order valence-corrected chi connectivity index (χ1v) is 5.88. The van der Waals surface area contributed by atoms with Crippen LogP contribution in [0.5, 0.6) is 5.75 Å². The third kappa shape index (κ3) is 3.22. The van der Waals surface area contributed by atoms with Crippen molar-refractivity contribution in [1.29, 1.82) is 0 Å². The van der Waals surface area contributed by atoms with E-state index in [1.54, 1.807) is 12.1 Å². The smallest absolute Gasteiger partial charge is 0.491 e.